The predicted octanol–water partition coefficient (Wildman–Crippen LogP) is 2.20. The standard InChI is InChI=1S/C17H18N2O6S/c1-12-2-4-14(19(20)21)11-17(12)26(22,23)18-7-6-13-3-5-15-16(10-13)25-9-8-24-15/h2-5,10-11,18H,6-9H2,1H3. The van der Waals surface area contributed by atoms with Gasteiger partial charge < -0.3 is 9.47 Å². The van der Waals surface area contributed by atoms with E-state index in [4.69, 9.17) is 9.47 Å². The van der Waals surface area contributed by atoms with Crippen LogP contribution in [0.2, 0.25) is 0 Å². The Morgan fingerprint density at radius 1 is 1.12 bits per heavy atom. The molecule has 0 saturated carbocycles. The van der Waals surface area contributed by atoms with Gasteiger partial charge in [-0.25, -0.2) is 13.1 Å². The summed E-state index contributed by atoms with van der Waals surface area (Å²) in [6, 6.07) is 9.24. The van der Waals surface area contributed by atoms with Gasteiger partial charge in [-0.1, -0.05) is 12.1 Å². The van der Waals surface area contributed by atoms with E-state index in [0.29, 0.717) is 36.7 Å². The summed E-state index contributed by atoms with van der Waals surface area (Å²) in [5.41, 5.74) is 1.08. The Kier molecular flexibility index (Phi) is 5.10. The second kappa shape index (κ2) is 7.30. The number of hydrogen-bond acceptors (Lipinski definition) is 6. The minimum absolute atomic E-state index is 0.0890. The van der Waals surface area contributed by atoms with Crippen LogP contribution in [0.5, 0.6) is 11.5 Å². The van der Waals surface area contributed by atoms with Gasteiger partial charge in [0.25, 0.3) is 5.69 Å². The molecule has 2 aromatic rings. The summed E-state index contributed by atoms with van der Waals surface area (Å²) < 4.78 is 38.4. The Morgan fingerprint density at radius 2 is 1.85 bits per heavy atom. The van der Waals surface area contributed by atoms with E-state index in [0.717, 1.165) is 11.6 Å². The highest BCUT2D eigenvalue weighted by atomic mass is 32.2. The molecule has 138 valence electrons. The third-order valence-corrected chi connectivity index (χ3v) is 5.59. The van der Waals surface area contributed by atoms with Crippen molar-refractivity contribution in [2.75, 3.05) is 19.8 Å². The minimum atomic E-state index is -3.84. The lowest BCUT2D eigenvalue weighted by atomic mass is 10.1. The molecule has 9 heteroatoms. The molecule has 2 aromatic carbocycles. The zero-order valence-corrected chi connectivity index (χ0v) is 14.9. The Bertz CT molecular complexity index is 942. The molecule has 1 N–H and O–H groups in total. The highest BCUT2D eigenvalue weighted by Gasteiger charge is 2.20. The van der Waals surface area contributed by atoms with Crippen LogP contribution in [0.25, 0.3) is 0 Å². The molecular formula is C17H18N2O6S. The minimum Gasteiger partial charge on any atom is -0.486 e. The summed E-state index contributed by atoms with van der Waals surface area (Å²) in [5, 5.41) is 10.9. The Labute approximate surface area is 150 Å². The van der Waals surface area contributed by atoms with Gasteiger partial charge in [-0.05, 0) is 36.6 Å². The molecule has 0 fully saturated rings. The molecule has 0 atom stereocenters. The number of rotatable bonds is 6. The molecule has 0 bridgehead atoms. The van der Waals surface area contributed by atoms with Crippen molar-refractivity contribution < 1.29 is 22.8 Å². The Morgan fingerprint density at radius 3 is 2.58 bits per heavy atom. The number of nitrogens with one attached hydrogen (secondary N) is 1. The zero-order chi connectivity index (χ0) is 18.7. The van der Waals surface area contributed by atoms with Crippen molar-refractivity contribution in [3.05, 3.63) is 57.6 Å². The topological polar surface area (TPSA) is 108 Å². The van der Waals surface area contributed by atoms with E-state index in [1.54, 1.807) is 13.0 Å². The maximum Gasteiger partial charge on any atom is 0.270 e. The number of ether oxygens (including phenoxy) is 2. The number of nitro groups is 1. The number of sulfonamides is 1. The summed E-state index contributed by atoms with van der Waals surface area (Å²) in [5.74, 6) is 1.32. The molecule has 0 radical (unpaired) electrons. The second-order valence-electron chi connectivity index (χ2n) is 5.83. The number of aryl methyl sites for hydroxylation is 1. The van der Waals surface area contributed by atoms with E-state index >= 15 is 0 Å². The molecule has 0 unspecified atom stereocenters. The third-order valence-electron chi connectivity index (χ3n) is 3.98. The molecule has 1 aliphatic rings. The number of nitro benzene ring substituents is 1. The molecule has 1 aliphatic heterocycles. The summed E-state index contributed by atoms with van der Waals surface area (Å²) >= 11 is 0. The summed E-state index contributed by atoms with van der Waals surface area (Å²) in [7, 11) is -3.84. The van der Waals surface area contributed by atoms with Gasteiger partial charge >= 0.3 is 0 Å². The molecule has 8 nitrogen and oxygen atoms in total. The SMILES string of the molecule is Cc1ccc([N+](=O)[O-])cc1S(=O)(=O)NCCc1ccc2c(c1)OCCO2. The second-order valence-corrected chi connectivity index (χ2v) is 7.57. The Hall–Kier alpha value is -2.65. The van der Waals surface area contributed by atoms with E-state index in [2.05, 4.69) is 4.72 Å². The van der Waals surface area contributed by atoms with Crippen molar-refractivity contribution in [1.29, 1.82) is 0 Å². The van der Waals surface area contributed by atoms with Gasteiger partial charge in [-0.2, -0.15) is 0 Å². The van der Waals surface area contributed by atoms with E-state index < -0.39 is 14.9 Å². The average molecular weight is 378 g/mol. The van der Waals surface area contributed by atoms with Gasteiger partial charge in [0.15, 0.2) is 11.5 Å². The van der Waals surface area contributed by atoms with Crippen molar-refractivity contribution in [3.63, 3.8) is 0 Å². The summed E-state index contributed by atoms with van der Waals surface area (Å²) in [4.78, 5) is 10.2. The van der Waals surface area contributed by atoms with Gasteiger partial charge in [0, 0.05) is 18.7 Å². The van der Waals surface area contributed by atoms with Crippen molar-refractivity contribution in [1.82, 2.24) is 4.72 Å². The van der Waals surface area contributed by atoms with Crippen LogP contribution in [0.15, 0.2) is 41.3 Å². The first-order chi connectivity index (χ1) is 12.4. The normalized spacial score (nSPS) is 13.4. The first-order valence-corrected chi connectivity index (χ1v) is 9.48. The average Bonchev–Trinajstić information content (AvgIpc) is 2.61. The van der Waals surface area contributed by atoms with Crippen molar-refractivity contribution in [2.45, 2.75) is 18.2 Å². The van der Waals surface area contributed by atoms with Crippen molar-refractivity contribution >= 4 is 15.7 Å². The maximum atomic E-state index is 12.5. The van der Waals surface area contributed by atoms with Crippen molar-refractivity contribution in [2.24, 2.45) is 0 Å². The molecule has 0 aliphatic carbocycles. The van der Waals surface area contributed by atoms with Crippen LogP contribution < -0.4 is 14.2 Å². The zero-order valence-electron chi connectivity index (χ0n) is 14.1. The fourth-order valence-electron chi connectivity index (χ4n) is 2.64. The molecular weight excluding hydrogens is 360 g/mol. The highest BCUT2D eigenvalue weighted by molar-refractivity contribution is 7.89. The molecule has 3 rings (SSSR count). The highest BCUT2D eigenvalue weighted by Crippen LogP contribution is 2.30. The molecule has 1 heterocycles. The first-order valence-electron chi connectivity index (χ1n) is 8.00. The van der Waals surface area contributed by atoms with Crippen LogP contribution >= 0.6 is 0 Å². The summed E-state index contributed by atoms with van der Waals surface area (Å²) in [6.45, 7) is 2.74. The first kappa shape index (κ1) is 18.2. The number of hydrogen-bond donors (Lipinski definition) is 1. The van der Waals surface area contributed by atoms with Crippen LogP contribution in [0.4, 0.5) is 5.69 Å². The van der Waals surface area contributed by atoms with Crippen LogP contribution in [0.3, 0.4) is 0 Å². The van der Waals surface area contributed by atoms with E-state index in [1.807, 2.05) is 12.1 Å². The molecule has 0 saturated heterocycles. The van der Waals surface area contributed by atoms with Gasteiger partial charge in [-0.15, -0.1) is 0 Å². The monoisotopic (exact) mass is 378 g/mol. The quantitative estimate of drug-likeness (QED) is 0.610. The van der Waals surface area contributed by atoms with Gasteiger partial charge in [0.05, 0.1) is 9.82 Å². The number of fused-ring (bicyclic) bond motifs is 1. The number of non-ortho nitro benzene ring substituents is 1. The van der Waals surface area contributed by atoms with E-state index in [-0.39, 0.29) is 17.1 Å². The lowest BCUT2D eigenvalue weighted by Gasteiger charge is -2.19. The van der Waals surface area contributed by atoms with Gasteiger partial charge in [0.1, 0.15) is 13.2 Å². The van der Waals surface area contributed by atoms with Gasteiger partial charge in [0.2, 0.25) is 10.0 Å². The molecule has 0 amide bonds. The molecule has 26 heavy (non-hydrogen) atoms. The third kappa shape index (κ3) is 3.94. The van der Waals surface area contributed by atoms with Gasteiger partial charge in [-0.3, -0.25) is 10.1 Å². The Balaban J connectivity index is 1.69. The predicted molar refractivity (Wildman–Crippen MR) is 94.2 cm³/mol. The van der Waals surface area contributed by atoms with Crippen LogP contribution in [-0.4, -0.2) is 33.1 Å². The fourth-order valence-corrected chi connectivity index (χ4v) is 3.94. The maximum absolute atomic E-state index is 12.5. The smallest absolute Gasteiger partial charge is 0.270 e. The molecule has 0 spiro atoms. The van der Waals surface area contributed by atoms with Crippen LogP contribution in [0.1, 0.15) is 11.1 Å². The van der Waals surface area contributed by atoms with Crippen LogP contribution in [-0.2, 0) is 16.4 Å². The lowest BCUT2D eigenvalue weighted by Crippen LogP contribution is -2.26. The summed E-state index contributed by atoms with van der Waals surface area (Å²) in [6.07, 6.45) is 0.448. The number of benzene rings is 2. The van der Waals surface area contributed by atoms with E-state index in [9.17, 15) is 18.5 Å². The fraction of sp³-hybridized carbons (Fsp3) is 0.294. The van der Waals surface area contributed by atoms with E-state index in [1.165, 1.54) is 12.1 Å². The largest absolute Gasteiger partial charge is 0.486 e. The van der Waals surface area contributed by atoms with Crippen LogP contribution in [0, 0.1) is 17.0 Å². The lowest BCUT2D eigenvalue weighted by molar-refractivity contribution is -0.385. The van der Waals surface area contributed by atoms with Crippen molar-refractivity contribution in [3.8, 4) is 11.5 Å². The molecule has 0 aromatic heterocycles. The number of nitrogens with zero attached hydrogens (tertiary/aromatic N) is 1.